The second-order valence-electron chi connectivity index (χ2n) is 8.73. The number of hydrogen-bond acceptors (Lipinski definition) is 5. The summed E-state index contributed by atoms with van der Waals surface area (Å²) in [6.07, 6.45) is 4.51. The molecule has 2 aromatic heterocycles. The molecule has 0 atom stereocenters. The van der Waals surface area contributed by atoms with Crippen LogP contribution in [0.1, 0.15) is 28.1 Å². The van der Waals surface area contributed by atoms with Crippen LogP contribution >= 0.6 is 0 Å². The Morgan fingerprint density at radius 3 is 2.35 bits per heavy atom. The maximum atomic E-state index is 13.3. The SMILES string of the molecule is Cc1cccc(C)c1-n1c(C)cc(/C=N/NC(=O)CN(c2cccnc2)S(=O)(=O)c2ccccc2)c1C. The summed E-state index contributed by atoms with van der Waals surface area (Å²) in [6.45, 7) is 7.72. The van der Waals surface area contributed by atoms with E-state index in [4.69, 9.17) is 0 Å². The number of pyridine rings is 1. The molecule has 2 aromatic carbocycles. The summed E-state index contributed by atoms with van der Waals surface area (Å²) in [5.41, 5.74) is 9.07. The van der Waals surface area contributed by atoms with Crippen LogP contribution in [0.25, 0.3) is 5.69 Å². The van der Waals surface area contributed by atoms with Gasteiger partial charge in [-0.25, -0.2) is 13.8 Å². The van der Waals surface area contributed by atoms with Gasteiger partial charge in [0.2, 0.25) is 0 Å². The van der Waals surface area contributed by atoms with Gasteiger partial charge in [-0.05, 0) is 69.2 Å². The summed E-state index contributed by atoms with van der Waals surface area (Å²) in [4.78, 5) is 16.9. The van der Waals surface area contributed by atoms with Crippen LogP contribution in [-0.2, 0) is 14.8 Å². The molecule has 0 saturated heterocycles. The van der Waals surface area contributed by atoms with Crippen LogP contribution in [0.5, 0.6) is 0 Å². The van der Waals surface area contributed by atoms with E-state index in [0.29, 0.717) is 0 Å². The molecular formula is C28H29N5O3S. The predicted molar refractivity (Wildman–Crippen MR) is 146 cm³/mol. The van der Waals surface area contributed by atoms with Crippen molar-refractivity contribution in [2.24, 2.45) is 5.10 Å². The molecule has 0 fully saturated rings. The van der Waals surface area contributed by atoms with Crippen molar-refractivity contribution in [3.63, 3.8) is 0 Å². The third-order valence-corrected chi connectivity index (χ3v) is 7.87. The van der Waals surface area contributed by atoms with Crippen LogP contribution in [0.3, 0.4) is 0 Å². The highest BCUT2D eigenvalue weighted by atomic mass is 32.2. The first kappa shape index (κ1) is 25.8. The fraction of sp³-hybridized carbons (Fsp3) is 0.179. The molecule has 0 aliphatic carbocycles. The molecule has 0 radical (unpaired) electrons. The molecule has 0 aliphatic heterocycles. The lowest BCUT2D eigenvalue weighted by Crippen LogP contribution is -2.39. The third-order valence-electron chi connectivity index (χ3n) is 6.08. The van der Waals surface area contributed by atoms with Gasteiger partial charge in [0.25, 0.3) is 15.9 Å². The van der Waals surface area contributed by atoms with Crippen LogP contribution in [0.2, 0.25) is 0 Å². The molecule has 1 amide bonds. The lowest BCUT2D eigenvalue weighted by molar-refractivity contribution is -0.119. The number of carbonyl (C=O) groups excluding carboxylic acids is 1. The van der Waals surface area contributed by atoms with Crippen LogP contribution in [0.15, 0.2) is 89.1 Å². The number of para-hydroxylation sites is 1. The monoisotopic (exact) mass is 515 g/mol. The summed E-state index contributed by atoms with van der Waals surface area (Å²) >= 11 is 0. The van der Waals surface area contributed by atoms with Crippen molar-refractivity contribution in [2.45, 2.75) is 32.6 Å². The minimum atomic E-state index is -4.00. The molecule has 190 valence electrons. The van der Waals surface area contributed by atoms with Crippen LogP contribution in [0.4, 0.5) is 5.69 Å². The van der Waals surface area contributed by atoms with E-state index in [2.05, 4.69) is 46.1 Å². The van der Waals surface area contributed by atoms with Crippen LogP contribution in [0, 0.1) is 27.7 Å². The molecule has 37 heavy (non-hydrogen) atoms. The zero-order valence-corrected chi connectivity index (χ0v) is 22.0. The van der Waals surface area contributed by atoms with Crippen molar-refractivity contribution in [3.05, 3.63) is 107 Å². The van der Waals surface area contributed by atoms with E-state index >= 15 is 0 Å². The van der Waals surface area contributed by atoms with Gasteiger partial charge in [0.1, 0.15) is 6.54 Å². The zero-order chi connectivity index (χ0) is 26.6. The molecule has 8 nitrogen and oxygen atoms in total. The first-order valence-corrected chi connectivity index (χ1v) is 13.2. The zero-order valence-electron chi connectivity index (χ0n) is 21.2. The summed E-state index contributed by atoms with van der Waals surface area (Å²) in [5.74, 6) is -0.580. The molecule has 0 bridgehead atoms. The van der Waals surface area contributed by atoms with Gasteiger partial charge < -0.3 is 4.57 Å². The second kappa shape index (κ2) is 10.8. The summed E-state index contributed by atoms with van der Waals surface area (Å²) in [7, 11) is -4.00. The Balaban J connectivity index is 1.55. The molecule has 1 N–H and O–H groups in total. The number of carbonyl (C=O) groups is 1. The van der Waals surface area contributed by atoms with E-state index in [-0.39, 0.29) is 10.6 Å². The third kappa shape index (κ3) is 5.46. The number of amides is 1. The molecule has 0 unspecified atom stereocenters. The number of nitrogens with one attached hydrogen (secondary N) is 1. The van der Waals surface area contributed by atoms with Gasteiger partial charge >= 0.3 is 0 Å². The quantitative estimate of drug-likeness (QED) is 0.277. The molecule has 0 saturated carbocycles. The van der Waals surface area contributed by atoms with Gasteiger partial charge in [-0.15, -0.1) is 0 Å². The van der Waals surface area contributed by atoms with Gasteiger partial charge in [-0.2, -0.15) is 5.10 Å². The highest BCUT2D eigenvalue weighted by Crippen LogP contribution is 2.25. The average molecular weight is 516 g/mol. The van der Waals surface area contributed by atoms with Gasteiger partial charge in [0, 0.05) is 23.1 Å². The summed E-state index contributed by atoms with van der Waals surface area (Å²) < 4.78 is 29.8. The van der Waals surface area contributed by atoms with E-state index in [1.807, 2.05) is 26.0 Å². The van der Waals surface area contributed by atoms with Crippen molar-refractivity contribution in [1.82, 2.24) is 15.0 Å². The number of hydrazone groups is 1. The van der Waals surface area contributed by atoms with Crippen LogP contribution < -0.4 is 9.73 Å². The lowest BCUT2D eigenvalue weighted by Gasteiger charge is -2.23. The second-order valence-corrected chi connectivity index (χ2v) is 10.6. The Bertz CT molecular complexity index is 1530. The van der Waals surface area contributed by atoms with Gasteiger partial charge in [0.05, 0.1) is 28.7 Å². The fourth-order valence-corrected chi connectivity index (χ4v) is 5.72. The molecule has 2 heterocycles. The average Bonchev–Trinajstić information content (AvgIpc) is 3.16. The van der Waals surface area contributed by atoms with E-state index in [9.17, 15) is 13.2 Å². The van der Waals surface area contributed by atoms with Gasteiger partial charge in [0.15, 0.2) is 0 Å². The Morgan fingerprint density at radius 1 is 1.00 bits per heavy atom. The first-order valence-electron chi connectivity index (χ1n) is 11.8. The van der Waals surface area contributed by atoms with E-state index in [0.717, 1.165) is 38.1 Å². The normalized spacial score (nSPS) is 11.6. The Kier molecular flexibility index (Phi) is 7.54. The highest BCUT2D eigenvalue weighted by Gasteiger charge is 2.27. The topological polar surface area (TPSA) is 96.7 Å². The Morgan fingerprint density at radius 2 is 1.70 bits per heavy atom. The lowest BCUT2D eigenvalue weighted by atomic mass is 10.1. The van der Waals surface area contributed by atoms with E-state index in [1.165, 1.54) is 24.5 Å². The summed E-state index contributed by atoms with van der Waals surface area (Å²) in [5, 5.41) is 4.12. The Labute approximate surface area is 217 Å². The van der Waals surface area contributed by atoms with Gasteiger partial charge in [-0.1, -0.05) is 36.4 Å². The number of benzene rings is 2. The number of anilines is 1. The van der Waals surface area contributed by atoms with E-state index < -0.39 is 22.5 Å². The van der Waals surface area contributed by atoms with Crippen molar-refractivity contribution in [2.75, 3.05) is 10.8 Å². The molecule has 0 aliphatic rings. The maximum Gasteiger partial charge on any atom is 0.264 e. The van der Waals surface area contributed by atoms with Crippen molar-refractivity contribution >= 4 is 27.8 Å². The predicted octanol–water partition coefficient (Wildman–Crippen LogP) is 4.45. The van der Waals surface area contributed by atoms with Crippen LogP contribution in [-0.4, -0.2) is 36.6 Å². The Hall–Kier alpha value is -4.24. The number of aryl methyl sites for hydroxylation is 3. The van der Waals surface area contributed by atoms with Crippen molar-refractivity contribution < 1.29 is 13.2 Å². The minimum absolute atomic E-state index is 0.0779. The first-order chi connectivity index (χ1) is 17.7. The minimum Gasteiger partial charge on any atom is -0.317 e. The van der Waals surface area contributed by atoms with Crippen molar-refractivity contribution in [3.8, 4) is 5.69 Å². The highest BCUT2D eigenvalue weighted by molar-refractivity contribution is 7.92. The molecule has 9 heteroatoms. The number of nitrogens with zero attached hydrogens (tertiary/aromatic N) is 4. The smallest absolute Gasteiger partial charge is 0.264 e. The molecule has 0 spiro atoms. The molecule has 4 aromatic rings. The maximum absolute atomic E-state index is 13.3. The van der Waals surface area contributed by atoms with E-state index in [1.54, 1.807) is 36.5 Å². The number of aromatic nitrogens is 2. The van der Waals surface area contributed by atoms with Crippen molar-refractivity contribution in [1.29, 1.82) is 0 Å². The number of sulfonamides is 1. The largest absolute Gasteiger partial charge is 0.317 e. The number of hydrogen-bond donors (Lipinski definition) is 1. The molecular weight excluding hydrogens is 486 g/mol. The molecule has 4 rings (SSSR count). The number of rotatable bonds is 8. The van der Waals surface area contributed by atoms with Gasteiger partial charge in [-0.3, -0.25) is 14.1 Å². The summed E-state index contributed by atoms with van der Waals surface area (Å²) in [6, 6.07) is 19.4. The standard InChI is InChI=1S/C28H29N5O3S/c1-20-10-8-11-21(2)28(20)33-22(3)16-24(23(33)4)17-30-31-27(34)19-32(25-12-9-15-29-18-25)37(35,36)26-13-6-5-7-14-26/h5-18H,19H2,1-4H3,(H,31,34)/b30-17+. The fourth-order valence-electron chi connectivity index (χ4n) is 4.30.